The molecule has 0 aliphatic carbocycles. The zero-order chi connectivity index (χ0) is 36.8. The Kier molecular flexibility index (Phi) is 17.0. The van der Waals surface area contributed by atoms with Crippen molar-refractivity contribution in [2.24, 2.45) is 5.41 Å². The van der Waals surface area contributed by atoms with Crippen LogP contribution in [0, 0.1) is 5.41 Å². The summed E-state index contributed by atoms with van der Waals surface area (Å²) in [4.78, 5) is 0. The molecule has 1 heterocycles. The van der Waals surface area contributed by atoms with Gasteiger partial charge in [-0.3, -0.25) is 0 Å². The average Bonchev–Trinajstić information content (AvgIpc) is 4.08. The van der Waals surface area contributed by atoms with Crippen LogP contribution >= 0.6 is 53.7 Å². The summed E-state index contributed by atoms with van der Waals surface area (Å²) in [5, 5.41) is 10.4. The average molecular weight is 932 g/mol. The van der Waals surface area contributed by atoms with Gasteiger partial charge in [0.15, 0.2) is 0 Å². The van der Waals surface area contributed by atoms with Gasteiger partial charge in [0.1, 0.15) is 0 Å². The number of hydrogen-bond acceptors (Lipinski definition) is 0. The van der Waals surface area contributed by atoms with Crippen LogP contribution in [0.15, 0.2) is 212 Å². The van der Waals surface area contributed by atoms with Crippen LogP contribution in [0.5, 0.6) is 0 Å². The zero-order valence-corrected chi connectivity index (χ0v) is 39.2. The molecule has 0 bridgehead atoms. The van der Waals surface area contributed by atoms with Crippen molar-refractivity contribution >= 4 is 90.8 Å². The number of benzene rings is 7. The van der Waals surface area contributed by atoms with Crippen molar-refractivity contribution in [3.05, 3.63) is 212 Å². The van der Waals surface area contributed by atoms with Crippen LogP contribution in [0.2, 0.25) is 0 Å². The summed E-state index contributed by atoms with van der Waals surface area (Å²) in [5.74, 6) is 0. The van der Waals surface area contributed by atoms with E-state index >= 15 is 0 Å². The zero-order valence-electron chi connectivity index (χ0n) is 31.0. The third-order valence-electron chi connectivity index (χ3n) is 9.27. The van der Waals surface area contributed by atoms with Crippen molar-refractivity contribution < 1.29 is 19.5 Å². The van der Waals surface area contributed by atoms with Crippen molar-refractivity contribution in [1.29, 1.82) is 0 Å². The maximum atomic E-state index is 2.61. The van der Waals surface area contributed by atoms with E-state index < -0.39 is 23.8 Å². The molecule has 0 nitrogen and oxygen atoms in total. The molecule has 0 spiro atoms. The van der Waals surface area contributed by atoms with E-state index in [2.05, 4.69) is 219 Å². The fourth-order valence-electron chi connectivity index (χ4n) is 6.66. The van der Waals surface area contributed by atoms with Crippen LogP contribution in [-0.4, -0.2) is 18.5 Å². The summed E-state index contributed by atoms with van der Waals surface area (Å²) in [5.41, 5.74) is 0.0756. The predicted octanol–water partition coefficient (Wildman–Crippen LogP) is 11.9. The van der Waals surface area contributed by atoms with Crippen LogP contribution in [-0.2, 0) is 19.5 Å². The van der Waals surface area contributed by atoms with Crippen LogP contribution < -0.4 is 37.1 Å². The van der Waals surface area contributed by atoms with Crippen LogP contribution in [0.3, 0.4) is 0 Å². The van der Waals surface area contributed by atoms with Crippen molar-refractivity contribution in [2.75, 3.05) is 18.5 Å². The van der Waals surface area contributed by atoms with E-state index in [9.17, 15) is 0 Å². The molecule has 0 N–H and O–H groups in total. The van der Waals surface area contributed by atoms with Crippen molar-refractivity contribution in [1.82, 2.24) is 0 Å². The van der Waals surface area contributed by atoms with Gasteiger partial charge in [-0.1, -0.05) is 241 Å². The topological polar surface area (TPSA) is 0 Å². The van der Waals surface area contributed by atoms with Crippen molar-refractivity contribution in [3.8, 4) is 0 Å². The molecule has 0 aliphatic rings. The minimum Gasteiger partial charge on any atom is -0.0893 e. The molecule has 55 heavy (non-hydrogen) atoms. The molecule has 3 unspecified atom stereocenters. The molecular formula is C47H47P7Rh. The maximum Gasteiger partial charge on any atom is 0 e. The Hall–Kier alpha value is -2.22. The fourth-order valence-corrected chi connectivity index (χ4v) is 30.0. The van der Waals surface area contributed by atoms with Gasteiger partial charge in [0.25, 0.3) is 0 Å². The van der Waals surface area contributed by atoms with Gasteiger partial charge in [-0.15, -0.1) is 0 Å². The quantitative estimate of drug-likeness (QED) is 0.0753. The van der Waals surface area contributed by atoms with Crippen molar-refractivity contribution in [2.45, 2.75) is 6.92 Å². The molecule has 0 saturated carbocycles. The number of rotatable bonds is 14. The van der Waals surface area contributed by atoms with Crippen molar-refractivity contribution in [3.63, 3.8) is 0 Å². The molecule has 1 aromatic heterocycles. The Bertz CT molecular complexity index is 1860. The second-order valence-electron chi connectivity index (χ2n) is 13.6. The second-order valence-corrected chi connectivity index (χ2v) is 36.2. The predicted molar refractivity (Wildman–Crippen MR) is 258 cm³/mol. The standard InChI is InChI=1S/C41H39P3.C6H8P4.Rh/c1-41(32-42(35-20-8-2-9-21-35)36-22-10-3-11-23-36,33-43(37-24-12-4-13-25-37)38-26-14-5-15-27-38)34-44(39-28-16-6-17-29-39)40-30-18-7-19-31-40;1-2-4-6(5-3-1)7-10-8-9-10;/h2-31H,32-34H2,1H3;1-5,7-9H;. The minimum absolute atomic E-state index is 0. The first-order chi connectivity index (χ1) is 26.6. The Labute approximate surface area is 351 Å². The molecule has 0 amide bonds. The summed E-state index contributed by atoms with van der Waals surface area (Å²) >= 11 is 0. The summed E-state index contributed by atoms with van der Waals surface area (Å²) in [6.45, 7) is 3.16. The molecule has 0 fully saturated rings. The monoisotopic (exact) mass is 931 g/mol. The first-order valence-corrected chi connectivity index (χ1v) is 30.8. The molecule has 8 aromatic rings. The van der Waals surface area contributed by atoms with Gasteiger partial charge in [0, 0.05) is 19.5 Å². The van der Waals surface area contributed by atoms with Gasteiger partial charge >= 0.3 is 0 Å². The fraction of sp³-hybridized carbons (Fsp3) is 0.106. The van der Waals surface area contributed by atoms with Crippen LogP contribution in [0.25, 0.3) is 0 Å². The summed E-state index contributed by atoms with van der Waals surface area (Å²) in [7, 11) is 2.21. The van der Waals surface area contributed by atoms with Gasteiger partial charge in [-0.2, -0.15) is 0 Å². The third-order valence-corrected chi connectivity index (χ3v) is 34.2. The van der Waals surface area contributed by atoms with Gasteiger partial charge in [0.05, 0.1) is 0 Å². The molecule has 0 aliphatic heterocycles. The maximum absolute atomic E-state index is 2.61. The minimum atomic E-state index is -0.555. The van der Waals surface area contributed by atoms with E-state index in [0.29, 0.717) is 6.58 Å². The van der Waals surface area contributed by atoms with Crippen LogP contribution in [0.4, 0.5) is 0 Å². The Morgan fingerprint density at radius 3 is 0.818 bits per heavy atom. The van der Waals surface area contributed by atoms with E-state index in [4.69, 9.17) is 0 Å². The first-order valence-electron chi connectivity index (χ1n) is 18.4. The molecule has 7 aromatic carbocycles. The smallest absolute Gasteiger partial charge is 0 e. The van der Waals surface area contributed by atoms with Gasteiger partial charge in [-0.05, 0) is 93.1 Å². The molecule has 8 heteroatoms. The molecule has 279 valence electrons. The Morgan fingerprint density at radius 2 is 0.600 bits per heavy atom. The van der Waals surface area contributed by atoms with E-state index in [1.54, 1.807) is 5.30 Å². The largest absolute Gasteiger partial charge is 0.0893 e. The van der Waals surface area contributed by atoms with E-state index in [-0.39, 0.29) is 24.9 Å². The molecule has 1 radical (unpaired) electrons. The normalized spacial score (nSPS) is 12.1. The Balaban J connectivity index is 0.000000403. The van der Waals surface area contributed by atoms with E-state index in [1.165, 1.54) is 46.9 Å². The summed E-state index contributed by atoms with van der Waals surface area (Å²) in [6, 6.07) is 78.6. The van der Waals surface area contributed by atoms with E-state index in [1.807, 2.05) is 0 Å². The third kappa shape index (κ3) is 12.9. The summed E-state index contributed by atoms with van der Waals surface area (Å²) < 4.78 is 0. The SMILES string of the molecule is CC(CP(c1ccccc1)c1ccccc1)(CP(c1ccccc1)c1ccccc1)CP(c1ccccc1)c1ccccc1.[Rh].c1ccc(Pp2[pH][pH]2)cc1. The summed E-state index contributed by atoms with van der Waals surface area (Å²) in [6.07, 6.45) is 3.44. The molecular weight excluding hydrogens is 884 g/mol. The second kappa shape index (κ2) is 22.1. The van der Waals surface area contributed by atoms with Gasteiger partial charge in [0.2, 0.25) is 0 Å². The molecule has 8 rings (SSSR count). The van der Waals surface area contributed by atoms with Gasteiger partial charge < -0.3 is 0 Å². The van der Waals surface area contributed by atoms with E-state index in [0.717, 1.165) is 26.8 Å². The Morgan fingerprint density at radius 1 is 0.382 bits per heavy atom. The number of hydrogen-bond donors (Lipinski definition) is 0. The molecule has 0 saturated heterocycles. The van der Waals surface area contributed by atoms with Gasteiger partial charge in [-0.25, -0.2) is 0 Å². The molecule has 3 atom stereocenters. The first kappa shape index (κ1) is 42.4. The van der Waals surface area contributed by atoms with Crippen LogP contribution in [0.1, 0.15) is 6.92 Å².